The van der Waals surface area contributed by atoms with Crippen LogP contribution in [0.5, 0.6) is 5.75 Å². The summed E-state index contributed by atoms with van der Waals surface area (Å²) in [4.78, 5) is 15.4. The van der Waals surface area contributed by atoms with E-state index in [2.05, 4.69) is 4.98 Å². The van der Waals surface area contributed by atoms with E-state index in [4.69, 9.17) is 4.74 Å². The average Bonchev–Trinajstić information content (AvgIpc) is 2.69. The Bertz CT molecular complexity index is 1170. The topological polar surface area (TPSA) is 42.1 Å². The summed E-state index contributed by atoms with van der Waals surface area (Å²) < 4.78 is 75.6. The number of halogens is 5. The molecule has 0 radical (unpaired) electrons. The van der Waals surface area contributed by atoms with Gasteiger partial charge in [0.05, 0.1) is 18.0 Å². The Balaban J connectivity index is 1.88. The van der Waals surface area contributed by atoms with Gasteiger partial charge in [-0.25, -0.2) is 17.6 Å². The van der Waals surface area contributed by atoms with Crippen LogP contribution in [0.2, 0.25) is 0 Å². The number of alkyl halides is 2. The van der Waals surface area contributed by atoms with Crippen molar-refractivity contribution in [3.63, 3.8) is 0 Å². The predicted octanol–water partition coefficient (Wildman–Crippen LogP) is 5.64. The number of aromatic nitrogens is 1. The minimum absolute atomic E-state index is 0.0255. The quantitative estimate of drug-likeness (QED) is 0.554. The predicted molar refractivity (Wildman–Crippen MR) is 102 cm³/mol. The zero-order valence-electron chi connectivity index (χ0n) is 15.9. The maximum absolute atomic E-state index is 14.3. The molecule has 4 rings (SSSR count). The van der Waals surface area contributed by atoms with Crippen LogP contribution in [0.25, 0.3) is 10.9 Å². The Morgan fingerprint density at radius 3 is 2.57 bits per heavy atom. The standard InChI is InChI=1S/C22H18F5NO2/c1-30-21-12(5-6-15(24)20(21)25)11-7-8-22(26,27)10-13(11)17-9-18(29)19-14(23)3-2-4-16(19)28-17/h2-6,9,11,13H,7-8,10H2,1H3,(H,28,29)/t11?,13-/m1/s1. The second kappa shape index (κ2) is 7.41. The van der Waals surface area contributed by atoms with Crippen LogP contribution in [0.15, 0.2) is 41.2 Å². The minimum atomic E-state index is -3.00. The fourth-order valence-corrected chi connectivity index (χ4v) is 4.36. The van der Waals surface area contributed by atoms with Crippen molar-refractivity contribution < 1.29 is 26.7 Å². The van der Waals surface area contributed by atoms with Gasteiger partial charge in [-0.2, -0.15) is 4.39 Å². The molecule has 3 nitrogen and oxygen atoms in total. The average molecular weight is 423 g/mol. The van der Waals surface area contributed by atoms with Gasteiger partial charge in [0.15, 0.2) is 17.0 Å². The molecule has 0 aliphatic heterocycles. The molecule has 158 valence electrons. The Kier molecular flexibility index (Phi) is 5.03. The van der Waals surface area contributed by atoms with E-state index in [0.717, 1.165) is 18.2 Å². The summed E-state index contributed by atoms with van der Waals surface area (Å²) in [6.45, 7) is 0. The van der Waals surface area contributed by atoms with Crippen molar-refractivity contribution in [3.8, 4) is 5.75 Å². The summed E-state index contributed by atoms with van der Waals surface area (Å²) in [7, 11) is 1.18. The molecule has 0 spiro atoms. The van der Waals surface area contributed by atoms with Crippen LogP contribution in [0, 0.1) is 17.5 Å². The Morgan fingerprint density at radius 2 is 1.83 bits per heavy atom. The first-order valence-corrected chi connectivity index (χ1v) is 9.43. The number of aromatic amines is 1. The fraction of sp³-hybridized carbons (Fsp3) is 0.318. The number of hydrogen-bond donors (Lipinski definition) is 1. The Hall–Kier alpha value is -2.90. The number of methoxy groups -OCH3 is 1. The number of H-pyrrole nitrogens is 1. The SMILES string of the molecule is COc1c(C2CCC(F)(F)C[C@H]2c2cc(=O)c3c(F)cccc3[nH]2)ccc(F)c1F. The Morgan fingerprint density at radius 1 is 1.07 bits per heavy atom. The van der Waals surface area contributed by atoms with Crippen molar-refractivity contribution in [2.45, 2.75) is 37.0 Å². The molecule has 1 aliphatic carbocycles. The molecule has 0 saturated heterocycles. The van der Waals surface area contributed by atoms with Gasteiger partial charge in [-0.05, 0) is 30.5 Å². The van der Waals surface area contributed by atoms with Crippen LogP contribution in [-0.2, 0) is 0 Å². The van der Waals surface area contributed by atoms with E-state index in [9.17, 15) is 26.7 Å². The number of rotatable bonds is 3. The van der Waals surface area contributed by atoms with Crippen molar-refractivity contribution in [1.82, 2.24) is 4.98 Å². The lowest BCUT2D eigenvalue weighted by Gasteiger charge is -2.37. The molecular formula is C22H18F5NO2. The third-order valence-corrected chi connectivity index (χ3v) is 5.73. The van der Waals surface area contributed by atoms with Gasteiger partial charge in [0.25, 0.3) is 0 Å². The van der Waals surface area contributed by atoms with Gasteiger partial charge in [-0.15, -0.1) is 0 Å². The Labute approximate surface area is 168 Å². The lowest BCUT2D eigenvalue weighted by molar-refractivity contribution is -0.0466. The molecule has 30 heavy (non-hydrogen) atoms. The third-order valence-electron chi connectivity index (χ3n) is 5.73. The van der Waals surface area contributed by atoms with Gasteiger partial charge in [-0.3, -0.25) is 4.79 Å². The molecule has 3 aromatic rings. The van der Waals surface area contributed by atoms with E-state index in [1.54, 1.807) is 0 Å². The highest BCUT2D eigenvalue weighted by Gasteiger charge is 2.44. The van der Waals surface area contributed by atoms with Crippen LogP contribution >= 0.6 is 0 Å². The molecule has 1 aromatic heterocycles. The second-order valence-corrected chi connectivity index (χ2v) is 7.55. The maximum Gasteiger partial charge on any atom is 0.248 e. The van der Waals surface area contributed by atoms with Gasteiger partial charge in [0, 0.05) is 36.1 Å². The summed E-state index contributed by atoms with van der Waals surface area (Å²) >= 11 is 0. The van der Waals surface area contributed by atoms with Crippen LogP contribution in [0.4, 0.5) is 22.0 Å². The van der Waals surface area contributed by atoms with Crippen LogP contribution in [-0.4, -0.2) is 18.0 Å². The van der Waals surface area contributed by atoms with Crippen LogP contribution in [0.3, 0.4) is 0 Å². The normalized spacial score (nSPS) is 21.0. The zero-order chi connectivity index (χ0) is 21.6. The number of ether oxygens (including phenoxy) is 1. The first-order chi connectivity index (χ1) is 14.2. The number of fused-ring (bicyclic) bond motifs is 1. The molecule has 1 unspecified atom stereocenters. The number of hydrogen-bond acceptors (Lipinski definition) is 2. The highest BCUT2D eigenvalue weighted by atomic mass is 19.3. The number of pyridine rings is 1. The fourth-order valence-electron chi connectivity index (χ4n) is 4.36. The summed E-state index contributed by atoms with van der Waals surface area (Å²) in [6.07, 6.45) is -1.07. The summed E-state index contributed by atoms with van der Waals surface area (Å²) in [5.74, 6) is -7.93. The van der Waals surface area contributed by atoms with Crippen molar-refractivity contribution >= 4 is 10.9 Å². The maximum atomic E-state index is 14.3. The van der Waals surface area contributed by atoms with Crippen LogP contribution < -0.4 is 10.2 Å². The third kappa shape index (κ3) is 3.44. The highest BCUT2D eigenvalue weighted by molar-refractivity contribution is 5.79. The van der Waals surface area contributed by atoms with Gasteiger partial charge in [0.1, 0.15) is 5.82 Å². The highest BCUT2D eigenvalue weighted by Crippen LogP contribution is 2.51. The second-order valence-electron chi connectivity index (χ2n) is 7.55. The smallest absolute Gasteiger partial charge is 0.248 e. The molecule has 8 heteroatoms. The lowest BCUT2D eigenvalue weighted by atomic mass is 9.72. The van der Waals surface area contributed by atoms with Crippen molar-refractivity contribution in [1.29, 1.82) is 0 Å². The molecular weight excluding hydrogens is 405 g/mol. The largest absolute Gasteiger partial charge is 0.493 e. The summed E-state index contributed by atoms with van der Waals surface area (Å²) in [5, 5.41) is -0.161. The van der Waals surface area contributed by atoms with Crippen molar-refractivity contribution in [2.24, 2.45) is 0 Å². The van der Waals surface area contributed by atoms with Gasteiger partial charge in [0.2, 0.25) is 11.7 Å². The lowest BCUT2D eigenvalue weighted by Crippen LogP contribution is -2.31. The van der Waals surface area contributed by atoms with E-state index in [-0.39, 0.29) is 34.3 Å². The molecule has 0 bridgehead atoms. The first-order valence-electron chi connectivity index (χ1n) is 9.43. The summed E-state index contributed by atoms with van der Waals surface area (Å²) in [5.41, 5.74) is -0.0181. The molecule has 2 aromatic carbocycles. The molecule has 0 amide bonds. The van der Waals surface area contributed by atoms with E-state index < -0.39 is 53.5 Å². The zero-order valence-corrected chi connectivity index (χ0v) is 15.9. The molecule has 1 heterocycles. The van der Waals surface area contributed by atoms with Gasteiger partial charge < -0.3 is 9.72 Å². The van der Waals surface area contributed by atoms with Crippen LogP contribution in [0.1, 0.15) is 42.4 Å². The number of nitrogens with one attached hydrogen (secondary N) is 1. The van der Waals surface area contributed by atoms with Gasteiger partial charge >= 0.3 is 0 Å². The van der Waals surface area contributed by atoms with Crippen molar-refractivity contribution in [2.75, 3.05) is 7.11 Å². The molecule has 1 saturated carbocycles. The summed E-state index contributed by atoms with van der Waals surface area (Å²) in [6, 6.07) is 7.38. The van der Waals surface area contributed by atoms with Crippen molar-refractivity contribution in [3.05, 3.63) is 75.3 Å². The minimum Gasteiger partial charge on any atom is -0.493 e. The molecule has 1 aliphatic rings. The van der Waals surface area contributed by atoms with E-state index in [0.29, 0.717) is 0 Å². The number of benzene rings is 2. The molecule has 2 atom stereocenters. The van der Waals surface area contributed by atoms with E-state index in [1.807, 2.05) is 0 Å². The van der Waals surface area contributed by atoms with Gasteiger partial charge in [-0.1, -0.05) is 12.1 Å². The first kappa shape index (κ1) is 20.4. The molecule has 1 fully saturated rings. The monoisotopic (exact) mass is 423 g/mol. The van der Waals surface area contributed by atoms with E-state index >= 15 is 0 Å². The molecule has 1 N–H and O–H groups in total. The van der Waals surface area contributed by atoms with E-state index in [1.165, 1.54) is 25.3 Å².